The van der Waals surface area contributed by atoms with Gasteiger partial charge in [-0.25, -0.2) is 4.98 Å². The summed E-state index contributed by atoms with van der Waals surface area (Å²) in [5.74, 6) is -1.48. The number of aliphatic hydroxyl groups is 2. The topological polar surface area (TPSA) is 177 Å². The molecule has 3 aromatic carbocycles. The average molecular weight is 877 g/mol. The van der Waals surface area contributed by atoms with Crippen LogP contribution in [0.25, 0.3) is 27.4 Å². The Labute approximate surface area is 373 Å². The molecule has 5 aromatic rings. The fourth-order valence-corrected chi connectivity index (χ4v) is 8.64. The molecule has 5 N–H and O–H groups in total. The third-order valence-electron chi connectivity index (χ3n) is 11.5. The van der Waals surface area contributed by atoms with Gasteiger partial charge >= 0.3 is 0 Å². The fourth-order valence-electron chi connectivity index (χ4n) is 7.83. The van der Waals surface area contributed by atoms with Gasteiger partial charge in [-0.2, -0.15) is 0 Å². The van der Waals surface area contributed by atoms with E-state index >= 15 is 0 Å². The van der Waals surface area contributed by atoms with Crippen LogP contribution in [0.4, 0.5) is 0 Å². The molecule has 63 heavy (non-hydrogen) atoms. The number of hydrogen-bond acceptors (Lipinski definition) is 10. The number of likely N-dealkylation sites (tertiary alicyclic amines) is 1. The lowest BCUT2D eigenvalue weighted by atomic mass is 9.85. The summed E-state index contributed by atoms with van der Waals surface area (Å²) in [6.07, 6.45) is 5.18. The van der Waals surface area contributed by atoms with Gasteiger partial charge in [-0.15, -0.1) is 11.3 Å². The van der Waals surface area contributed by atoms with Crippen LogP contribution in [0.2, 0.25) is 0 Å². The average Bonchev–Trinajstić information content (AvgIpc) is 4.01. The molecule has 0 saturated carbocycles. The zero-order valence-electron chi connectivity index (χ0n) is 36.8. The van der Waals surface area contributed by atoms with Gasteiger partial charge in [0.05, 0.1) is 41.4 Å². The lowest BCUT2D eigenvalue weighted by Gasteiger charge is -2.35. The number of fused-ring (bicyclic) bond motifs is 1. The standard InChI is InChI=1S/C49H60N6O7S/c1-32(36-15-17-37(18-16-36)45-33(2)51-31-63-45)52-47(60)43-26-40(58)29-55(43)48(61)46(49(3,4)5)53-44(59)21-24-62-25-23-54(22-20-38-27-50-42-9-7-6-8-41(38)42)28-35-12-10-34(11-13-35)14-19-39(57)30-56/h6-19,27,31-32,40,43,46,50,56,58H,20-26,28-30H2,1-5H3,(H,52,60)(H,53,59)/b19-14+/t32-,40+,43-,46+/m0/s1. The summed E-state index contributed by atoms with van der Waals surface area (Å²) in [6.45, 7) is 11.5. The predicted octanol–water partition coefficient (Wildman–Crippen LogP) is 6.00. The molecule has 1 saturated heterocycles. The number of β-amino-alcohol motifs (C(OH)–C–C–N with tert-alkyl or cyclic N) is 1. The number of aromatic nitrogens is 2. The van der Waals surface area contributed by atoms with Crippen LogP contribution in [0, 0.1) is 12.3 Å². The molecule has 14 heteroatoms. The highest BCUT2D eigenvalue weighted by Crippen LogP contribution is 2.30. The number of aryl methyl sites for hydroxylation is 1. The molecule has 334 valence electrons. The smallest absolute Gasteiger partial charge is 0.246 e. The van der Waals surface area contributed by atoms with Crippen LogP contribution in [-0.4, -0.2) is 111 Å². The summed E-state index contributed by atoms with van der Waals surface area (Å²) >= 11 is 1.58. The molecule has 1 fully saturated rings. The lowest BCUT2D eigenvalue weighted by Crippen LogP contribution is -2.58. The van der Waals surface area contributed by atoms with E-state index < -0.39 is 36.1 Å². The molecule has 1 aliphatic heterocycles. The van der Waals surface area contributed by atoms with Crippen molar-refractivity contribution in [2.75, 3.05) is 39.5 Å². The molecular formula is C49H60N6O7S. The minimum Gasteiger partial charge on any atom is -0.391 e. The molecule has 0 unspecified atom stereocenters. The molecule has 0 spiro atoms. The van der Waals surface area contributed by atoms with Crippen molar-refractivity contribution in [3.8, 4) is 10.4 Å². The zero-order valence-corrected chi connectivity index (χ0v) is 37.6. The van der Waals surface area contributed by atoms with Crippen LogP contribution < -0.4 is 10.6 Å². The summed E-state index contributed by atoms with van der Waals surface area (Å²) in [4.78, 5) is 65.3. The monoisotopic (exact) mass is 876 g/mol. The van der Waals surface area contributed by atoms with Crippen molar-refractivity contribution >= 4 is 51.8 Å². The number of aromatic amines is 1. The zero-order chi connectivity index (χ0) is 45.1. The number of carbonyl (C=O) groups excluding carboxylic acids is 4. The molecule has 13 nitrogen and oxygen atoms in total. The van der Waals surface area contributed by atoms with Crippen molar-refractivity contribution in [3.05, 3.63) is 119 Å². The number of thiazole rings is 1. The number of carbonyl (C=O) groups is 4. The minimum atomic E-state index is -0.942. The van der Waals surface area contributed by atoms with Gasteiger partial charge in [0.15, 0.2) is 5.78 Å². The first-order valence-electron chi connectivity index (χ1n) is 21.5. The van der Waals surface area contributed by atoms with Crippen LogP contribution in [0.5, 0.6) is 0 Å². The first kappa shape index (κ1) is 47.0. The fraction of sp³-hybridized carbons (Fsp3) is 0.408. The highest BCUT2D eigenvalue weighted by Gasteiger charge is 2.44. The summed E-state index contributed by atoms with van der Waals surface area (Å²) in [6, 6.07) is 21.9. The van der Waals surface area contributed by atoms with Gasteiger partial charge < -0.3 is 35.5 Å². The Morgan fingerprint density at radius 2 is 1.76 bits per heavy atom. The predicted molar refractivity (Wildman–Crippen MR) is 247 cm³/mol. The number of rotatable bonds is 20. The Balaban J connectivity index is 1.01. The maximum absolute atomic E-state index is 14.2. The van der Waals surface area contributed by atoms with E-state index in [0.29, 0.717) is 19.7 Å². The highest BCUT2D eigenvalue weighted by molar-refractivity contribution is 7.13. The summed E-state index contributed by atoms with van der Waals surface area (Å²) in [5, 5.41) is 26.9. The maximum atomic E-state index is 14.2. The molecule has 0 bridgehead atoms. The first-order chi connectivity index (χ1) is 30.2. The van der Waals surface area contributed by atoms with Crippen molar-refractivity contribution in [1.29, 1.82) is 0 Å². The van der Waals surface area contributed by atoms with E-state index in [0.717, 1.165) is 51.3 Å². The third-order valence-corrected chi connectivity index (χ3v) is 12.4. The number of aliphatic hydroxyl groups excluding tert-OH is 2. The maximum Gasteiger partial charge on any atom is 0.246 e. The molecule has 0 radical (unpaired) electrons. The molecule has 0 aliphatic carbocycles. The molecule has 1 aliphatic rings. The van der Waals surface area contributed by atoms with Crippen LogP contribution in [0.1, 0.15) is 74.5 Å². The van der Waals surface area contributed by atoms with Crippen LogP contribution >= 0.6 is 11.3 Å². The Bertz CT molecular complexity index is 2350. The molecule has 6 rings (SSSR count). The van der Waals surface area contributed by atoms with Gasteiger partial charge in [0.25, 0.3) is 0 Å². The van der Waals surface area contributed by atoms with Gasteiger partial charge in [0.1, 0.15) is 18.7 Å². The number of hydrogen-bond donors (Lipinski definition) is 5. The van der Waals surface area contributed by atoms with E-state index in [1.165, 1.54) is 21.9 Å². The second-order valence-electron chi connectivity index (χ2n) is 17.3. The molecule has 4 atom stereocenters. The summed E-state index contributed by atoms with van der Waals surface area (Å²) in [7, 11) is 0. The van der Waals surface area contributed by atoms with E-state index in [-0.39, 0.29) is 49.6 Å². The van der Waals surface area contributed by atoms with Crippen molar-refractivity contribution in [3.63, 3.8) is 0 Å². The first-order valence-corrected chi connectivity index (χ1v) is 22.4. The highest BCUT2D eigenvalue weighted by atomic mass is 32.1. The van der Waals surface area contributed by atoms with Gasteiger partial charge in [0, 0.05) is 56.1 Å². The minimum absolute atomic E-state index is 0.0105. The Morgan fingerprint density at radius 1 is 1.02 bits per heavy atom. The molecule has 2 aromatic heterocycles. The van der Waals surface area contributed by atoms with Crippen molar-refractivity contribution < 1.29 is 34.1 Å². The number of para-hydroxylation sites is 1. The number of ketones is 1. The number of benzene rings is 3. The molecular weight excluding hydrogens is 817 g/mol. The van der Waals surface area contributed by atoms with Gasteiger partial charge in [0.2, 0.25) is 17.7 Å². The van der Waals surface area contributed by atoms with E-state index in [1.807, 2.05) is 101 Å². The van der Waals surface area contributed by atoms with Crippen molar-refractivity contribution in [2.45, 2.75) is 84.7 Å². The Kier molecular flexibility index (Phi) is 16.2. The normalized spacial score (nSPS) is 16.5. The second-order valence-corrected chi connectivity index (χ2v) is 18.2. The van der Waals surface area contributed by atoms with E-state index in [9.17, 15) is 24.3 Å². The van der Waals surface area contributed by atoms with Crippen LogP contribution in [-0.2, 0) is 36.9 Å². The Morgan fingerprint density at radius 3 is 2.46 bits per heavy atom. The second kappa shape index (κ2) is 21.7. The van der Waals surface area contributed by atoms with Crippen molar-refractivity contribution in [1.82, 2.24) is 30.4 Å². The Hall–Kier alpha value is -5.51. The van der Waals surface area contributed by atoms with Gasteiger partial charge in [-0.3, -0.25) is 24.1 Å². The third kappa shape index (κ3) is 12.8. The molecule has 3 heterocycles. The number of nitrogens with zero attached hydrogens (tertiary/aromatic N) is 3. The van der Waals surface area contributed by atoms with E-state index in [1.54, 1.807) is 17.4 Å². The van der Waals surface area contributed by atoms with Gasteiger partial charge in [-0.1, -0.05) is 93.6 Å². The largest absolute Gasteiger partial charge is 0.391 e. The van der Waals surface area contributed by atoms with Gasteiger partial charge in [-0.05, 0) is 65.6 Å². The van der Waals surface area contributed by atoms with Crippen molar-refractivity contribution in [2.24, 2.45) is 5.41 Å². The SMILES string of the molecule is Cc1ncsc1-c1ccc([C@H](C)NC(=O)[C@@H]2C[C@@H](O)CN2C(=O)[C@@H](NC(=O)CCOCCN(CCc2c[nH]c3ccccc23)Cc2ccc(/C=C/C(=O)CO)cc2)C(C)(C)C)cc1. The quantitative estimate of drug-likeness (QED) is 0.0464. The number of amides is 3. The number of ether oxygens (including phenoxy) is 1. The summed E-state index contributed by atoms with van der Waals surface area (Å²) < 4.78 is 6.00. The number of nitrogens with one attached hydrogen (secondary N) is 3. The van der Waals surface area contributed by atoms with Crippen LogP contribution in [0.15, 0.2) is 90.6 Å². The van der Waals surface area contributed by atoms with E-state index in [4.69, 9.17) is 9.84 Å². The number of H-pyrrole nitrogens is 1. The molecule has 3 amide bonds. The summed E-state index contributed by atoms with van der Waals surface area (Å²) in [5.41, 5.74) is 8.30. The van der Waals surface area contributed by atoms with Crippen LogP contribution in [0.3, 0.4) is 0 Å². The lowest BCUT2D eigenvalue weighted by molar-refractivity contribution is -0.144. The van der Waals surface area contributed by atoms with E-state index in [2.05, 4.69) is 43.8 Å².